The second-order valence-corrected chi connectivity index (χ2v) is 7.65. The number of hydrogen-bond donors (Lipinski definition) is 2. The average Bonchev–Trinajstić information content (AvgIpc) is 3.27. The molecule has 0 fully saturated rings. The van der Waals surface area contributed by atoms with Crippen LogP contribution in [0.3, 0.4) is 0 Å². The summed E-state index contributed by atoms with van der Waals surface area (Å²) in [5.41, 5.74) is 5.54. The number of carbonyl (C=O) groups is 1. The lowest BCUT2D eigenvalue weighted by molar-refractivity contribution is -0.140. The molecule has 3 N–H and O–H groups in total. The molecule has 7 nitrogen and oxygen atoms in total. The topological polar surface area (TPSA) is 103 Å². The molecule has 35 heavy (non-hydrogen) atoms. The summed E-state index contributed by atoms with van der Waals surface area (Å²) in [5, 5.41) is 3.04. The second kappa shape index (κ2) is 9.34. The van der Waals surface area contributed by atoms with Gasteiger partial charge in [-0.25, -0.2) is 14.4 Å². The van der Waals surface area contributed by atoms with E-state index in [1.54, 1.807) is 25.1 Å². The number of pyridine rings is 1. The van der Waals surface area contributed by atoms with E-state index in [1.807, 2.05) is 0 Å². The molecule has 11 heteroatoms. The molecular formula is C24H20F4N4O3. The second-order valence-electron chi connectivity index (χ2n) is 7.65. The molecule has 1 unspecified atom stereocenters. The number of carbonyl (C=O) groups excluding carboxylic acids is 1. The van der Waals surface area contributed by atoms with Crippen LogP contribution in [0, 0.1) is 5.82 Å². The number of hydrogen-bond acceptors (Lipinski definition) is 6. The van der Waals surface area contributed by atoms with Gasteiger partial charge in [-0.2, -0.15) is 13.2 Å². The fraction of sp³-hybridized carbons (Fsp3) is 0.208. The number of amides is 1. The summed E-state index contributed by atoms with van der Waals surface area (Å²) >= 11 is 0. The van der Waals surface area contributed by atoms with Crippen LogP contribution in [0.2, 0.25) is 0 Å². The van der Waals surface area contributed by atoms with Gasteiger partial charge in [0.1, 0.15) is 22.8 Å². The zero-order chi connectivity index (χ0) is 25.3. The van der Waals surface area contributed by atoms with Crippen molar-refractivity contribution in [2.24, 2.45) is 5.73 Å². The van der Waals surface area contributed by atoms with Gasteiger partial charge < -0.3 is 20.2 Å². The molecule has 2 heterocycles. The first-order valence-electron chi connectivity index (χ1n) is 10.4. The Morgan fingerprint density at radius 2 is 1.83 bits per heavy atom. The summed E-state index contributed by atoms with van der Waals surface area (Å²) in [6, 6.07) is 10.3. The Kier molecular flexibility index (Phi) is 6.44. The third-order valence-corrected chi connectivity index (χ3v) is 5.38. The monoisotopic (exact) mass is 488 g/mol. The van der Waals surface area contributed by atoms with Gasteiger partial charge in [-0.05, 0) is 48.9 Å². The third kappa shape index (κ3) is 4.80. The van der Waals surface area contributed by atoms with E-state index in [9.17, 15) is 22.4 Å². The number of ether oxygens (including phenoxy) is 1. The molecule has 182 valence electrons. The Morgan fingerprint density at radius 1 is 1.11 bits per heavy atom. The van der Waals surface area contributed by atoms with Crippen molar-refractivity contribution in [2.75, 3.05) is 7.11 Å². The summed E-state index contributed by atoms with van der Waals surface area (Å²) in [6.45, 7) is 1.57. The summed E-state index contributed by atoms with van der Waals surface area (Å²) in [5.74, 6) is -0.770. The van der Waals surface area contributed by atoms with E-state index in [4.69, 9.17) is 14.9 Å². The van der Waals surface area contributed by atoms with Gasteiger partial charge >= 0.3 is 6.18 Å². The van der Waals surface area contributed by atoms with Crippen molar-refractivity contribution in [3.63, 3.8) is 0 Å². The number of nitrogens with two attached hydrogens (primary N) is 1. The highest BCUT2D eigenvalue weighted by Crippen LogP contribution is 2.37. The number of benzene rings is 2. The summed E-state index contributed by atoms with van der Waals surface area (Å²) in [7, 11) is 1.32. The SMILES string of the molecule is COc1ccc(-c2nc(C(=O)NC(C)c3ccc(F)cc3)c(CN)o2)c2ccc(C(F)(F)F)nc12. The lowest BCUT2D eigenvalue weighted by Gasteiger charge is -2.13. The van der Waals surface area contributed by atoms with Crippen LogP contribution in [-0.2, 0) is 12.7 Å². The lowest BCUT2D eigenvalue weighted by atomic mass is 10.1. The standard InChI is InChI=1S/C24H20F4N4O3/c1-12(13-3-5-14(25)6-4-13)30-22(33)21-18(11-29)35-23(32-21)16-7-9-17(34-2)20-15(16)8-10-19(31-20)24(26,27)28/h3-10,12H,11,29H2,1-2H3,(H,30,33). The maximum atomic E-state index is 13.2. The summed E-state index contributed by atoms with van der Waals surface area (Å²) < 4.78 is 63.7. The molecule has 4 rings (SSSR count). The number of nitrogens with one attached hydrogen (secondary N) is 1. The maximum Gasteiger partial charge on any atom is 0.433 e. The Labute approximate surface area is 196 Å². The van der Waals surface area contributed by atoms with Crippen molar-refractivity contribution in [3.8, 4) is 17.2 Å². The van der Waals surface area contributed by atoms with Crippen molar-refractivity contribution in [1.82, 2.24) is 15.3 Å². The van der Waals surface area contributed by atoms with E-state index >= 15 is 0 Å². The van der Waals surface area contributed by atoms with E-state index < -0.39 is 29.6 Å². The number of oxazole rings is 1. The molecule has 0 aliphatic carbocycles. The molecule has 0 saturated heterocycles. The minimum Gasteiger partial charge on any atom is -0.494 e. The van der Waals surface area contributed by atoms with Gasteiger partial charge in [0.2, 0.25) is 5.89 Å². The number of nitrogens with zero attached hydrogens (tertiary/aromatic N) is 2. The number of aromatic nitrogens is 2. The first-order chi connectivity index (χ1) is 16.6. The van der Waals surface area contributed by atoms with E-state index in [1.165, 1.54) is 31.4 Å². The van der Waals surface area contributed by atoms with Crippen LogP contribution in [0.1, 0.15) is 40.5 Å². The average molecular weight is 488 g/mol. The molecule has 0 radical (unpaired) electrons. The van der Waals surface area contributed by atoms with Crippen LogP contribution in [0.5, 0.6) is 5.75 Å². The highest BCUT2D eigenvalue weighted by Gasteiger charge is 2.33. The zero-order valence-corrected chi connectivity index (χ0v) is 18.6. The molecule has 4 aromatic rings. The van der Waals surface area contributed by atoms with Gasteiger partial charge in [0.15, 0.2) is 11.5 Å². The lowest BCUT2D eigenvalue weighted by Crippen LogP contribution is -2.28. The number of methoxy groups -OCH3 is 1. The molecule has 0 spiro atoms. The smallest absolute Gasteiger partial charge is 0.433 e. The number of alkyl halides is 3. The van der Waals surface area contributed by atoms with Crippen LogP contribution in [0.15, 0.2) is 52.9 Å². The molecule has 2 aromatic carbocycles. The molecule has 0 saturated carbocycles. The van der Waals surface area contributed by atoms with Gasteiger partial charge in [-0.1, -0.05) is 12.1 Å². The van der Waals surface area contributed by atoms with Crippen LogP contribution in [0.25, 0.3) is 22.4 Å². The first-order valence-corrected chi connectivity index (χ1v) is 10.4. The fourth-order valence-corrected chi connectivity index (χ4v) is 3.58. The Balaban J connectivity index is 1.72. The highest BCUT2D eigenvalue weighted by atomic mass is 19.4. The molecule has 0 aliphatic rings. The van der Waals surface area contributed by atoms with Crippen molar-refractivity contribution in [2.45, 2.75) is 25.7 Å². The van der Waals surface area contributed by atoms with Gasteiger partial charge in [-0.3, -0.25) is 4.79 Å². The zero-order valence-electron chi connectivity index (χ0n) is 18.6. The predicted molar refractivity (Wildman–Crippen MR) is 119 cm³/mol. The molecule has 2 aromatic heterocycles. The van der Waals surface area contributed by atoms with Crippen LogP contribution in [-0.4, -0.2) is 23.0 Å². The number of halogens is 4. The van der Waals surface area contributed by atoms with E-state index in [0.29, 0.717) is 11.1 Å². The van der Waals surface area contributed by atoms with Crippen LogP contribution < -0.4 is 15.8 Å². The Hall–Kier alpha value is -3.99. The van der Waals surface area contributed by atoms with Crippen molar-refractivity contribution < 1.29 is 31.5 Å². The third-order valence-electron chi connectivity index (χ3n) is 5.38. The molecule has 1 atom stereocenters. The number of fused-ring (bicyclic) bond motifs is 1. The minimum absolute atomic E-state index is 0.0146. The van der Waals surface area contributed by atoms with Gasteiger partial charge in [0.25, 0.3) is 5.91 Å². The first kappa shape index (κ1) is 24.1. The van der Waals surface area contributed by atoms with Crippen molar-refractivity contribution >= 4 is 16.8 Å². The fourth-order valence-electron chi connectivity index (χ4n) is 3.58. The van der Waals surface area contributed by atoms with Gasteiger partial charge in [-0.15, -0.1) is 0 Å². The van der Waals surface area contributed by atoms with Crippen LogP contribution >= 0.6 is 0 Å². The molecular weight excluding hydrogens is 468 g/mol. The van der Waals surface area contributed by atoms with Gasteiger partial charge in [0, 0.05) is 10.9 Å². The molecule has 0 bridgehead atoms. The Bertz CT molecular complexity index is 1380. The highest BCUT2D eigenvalue weighted by molar-refractivity contribution is 5.98. The summed E-state index contributed by atoms with van der Waals surface area (Å²) in [6.07, 6.45) is -4.64. The van der Waals surface area contributed by atoms with Crippen LogP contribution in [0.4, 0.5) is 17.6 Å². The van der Waals surface area contributed by atoms with Crippen molar-refractivity contribution in [3.05, 3.63) is 77.1 Å². The minimum atomic E-state index is -4.64. The largest absolute Gasteiger partial charge is 0.494 e. The summed E-state index contributed by atoms with van der Waals surface area (Å²) in [4.78, 5) is 20.9. The molecule has 0 aliphatic heterocycles. The Morgan fingerprint density at radius 3 is 2.46 bits per heavy atom. The molecule has 1 amide bonds. The number of rotatable bonds is 6. The van der Waals surface area contributed by atoms with E-state index in [-0.39, 0.29) is 40.5 Å². The van der Waals surface area contributed by atoms with Gasteiger partial charge in [0.05, 0.1) is 19.7 Å². The van der Waals surface area contributed by atoms with Crippen molar-refractivity contribution in [1.29, 1.82) is 0 Å². The maximum absolute atomic E-state index is 13.2. The predicted octanol–water partition coefficient (Wildman–Crippen LogP) is 5.01. The normalized spacial score (nSPS) is 12.5. The van der Waals surface area contributed by atoms with E-state index in [2.05, 4.69) is 15.3 Å². The quantitative estimate of drug-likeness (QED) is 0.370. The van der Waals surface area contributed by atoms with E-state index in [0.717, 1.165) is 6.07 Å².